The molecule has 31 heavy (non-hydrogen) atoms. The Bertz CT molecular complexity index is 933. The van der Waals surface area contributed by atoms with Crippen LogP contribution in [-0.4, -0.2) is 17.6 Å². The number of ether oxygens (including phenoxy) is 1. The molecule has 0 saturated heterocycles. The second-order valence-corrected chi connectivity index (χ2v) is 7.49. The third-order valence-corrected chi connectivity index (χ3v) is 5.36. The minimum atomic E-state index is -0.157. The lowest BCUT2D eigenvalue weighted by molar-refractivity contribution is -0.140. The Morgan fingerprint density at radius 2 is 1.61 bits per heavy atom. The normalized spacial score (nSPS) is 10.1. The van der Waals surface area contributed by atoms with Crippen LogP contribution in [0.25, 0.3) is 10.9 Å². The highest BCUT2D eigenvalue weighted by Gasteiger charge is 2.15. The number of esters is 1. The van der Waals surface area contributed by atoms with E-state index in [4.69, 9.17) is 0 Å². The first-order valence-corrected chi connectivity index (χ1v) is 11.7. The second-order valence-electron chi connectivity index (χ2n) is 7.49. The van der Waals surface area contributed by atoms with Gasteiger partial charge in [-0.1, -0.05) is 77.4 Å². The van der Waals surface area contributed by atoms with Gasteiger partial charge in [-0.25, -0.2) is 0 Å². The van der Waals surface area contributed by atoms with Crippen LogP contribution in [0.5, 0.6) is 0 Å². The van der Waals surface area contributed by atoms with E-state index in [1.54, 1.807) is 6.92 Å². The molecule has 0 N–H and O–H groups in total. The molecule has 0 bridgehead atoms. The van der Waals surface area contributed by atoms with Gasteiger partial charge in [-0.15, -0.1) is 0 Å². The maximum absolute atomic E-state index is 9.96. The number of rotatable bonds is 6. The van der Waals surface area contributed by atoms with Crippen LogP contribution in [0.4, 0.5) is 0 Å². The van der Waals surface area contributed by atoms with Crippen LogP contribution >= 0.6 is 0 Å². The highest BCUT2D eigenvalue weighted by molar-refractivity contribution is 5.89. The molecule has 170 valence electrons. The minimum Gasteiger partial charge on any atom is -0.469 e. The van der Waals surface area contributed by atoms with Gasteiger partial charge in [0.15, 0.2) is 0 Å². The van der Waals surface area contributed by atoms with Crippen molar-refractivity contribution in [2.24, 2.45) is 0 Å². The Morgan fingerprint density at radius 1 is 0.968 bits per heavy atom. The van der Waals surface area contributed by atoms with Gasteiger partial charge in [-0.3, -0.25) is 4.79 Å². The first-order chi connectivity index (χ1) is 15.0. The molecule has 0 atom stereocenters. The molecule has 0 aliphatic heterocycles. The van der Waals surface area contributed by atoms with E-state index in [0.29, 0.717) is 6.42 Å². The average molecular weight is 424 g/mol. The molecule has 1 heterocycles. The first-order valence-electron chi connectivity index (χ1n) is 11.7. The maximum Gasteiger partial charge on any atom is 0.305 e. The van der Waals surface area contributed by atoms with Crippen LogP contribution in [0, 0.1) is 13.8 Å². The third-order valence-electron chi connectivity index (χ3n) is 5.36. The third kappa shape index (κ3) is 6.99. The van der Waals surface area contributed by atoms with Crippen LogP contribution in [0.3, 0.4) is 0 Å². The molecular formula is C28H41NO2. The summed E-state index contributed by atoms with van der Waals surface area (Å²) in [5, 5.41) is 1.44. The van der Waals surface area contributed by atoms with Crippen LogP contribution in [0.15, 0.2) is 42.5 Å². The Kier molecular flexibility index (Phi) is 11.7. The number of aryl methyl sites for hydroxylation is 4. The fourth-order valence-corrected chi connectivity index (χ4v) is 3.85. The molecule has 0 unspecified atom stereocenters. The predicted octanol–water partition coefficient (Wildman–Crippen LogP) is 7.42. The minimum absolute atomic E-state index is 0.157. The molecule has 0 saturated carbocycles. The van der Waals surface area contributed by atoms with Crippen LogP contribution in [0.1, 0.15) is 75.4 Å². The summed E-state index contributed by atoms with van der Waals surface area (Å²) < 4.78 is 6.81. The van der Waals surface area contributed by atoms with E-state index in [1.807, 2.05) is 13.8 Å². The summed E-state index contributed by atoms with van der Waals surface area (Å²) in [6.45, 7) is 15.8. The van der Waals surface area contributed by atoms with Crippen molar-refractivity contribution in [2.75, 3.05) is 7.11 Å². The summed E-state index contributed by atoms with van der Waals surface area (Å²) in [5.74, 6) is -0.157. The molecule has 3 heteroatoms. The van der Waals surface area contributed by atoms with Crippen LogP contribution in [-0.2, 0) is 28.9 Å². The van der Waals surface area contributed by atoms with Crippen molar-refractivity contribution in [3.05, 3.63) is 70.4 Å². The van der Waals surface area contributed by atoms with Gasteiger partial charge in [0.1, 0.15) is 0 Å². The Labute approximate surface area is 189 Å². The van der Waals surface area contributed by atoms with Crippen molar-refractivity contribution in [3.8, 4) is 0 Å². The van der Waals surface area contributed by atoms with Crippen molar-refractivity contribution >= 4 is 16.9 Å². The van der Waals surface area contributed by atoms with Crippen LogP contribution < -0.4 is 0 Å². The van der Waals surface area contributed by atoms with Gasteiger partial charge in [0.25, 0.3) is 0 Å². The molecule has 0 radical (unpaired) electrons. The lowest BCUT2D eigenvalue weighted by atomic mass is 9.97. The number of carbonyl (C=O) groups excluding carboxylic acids is 1. The van der Waals surface area contributed by atoms with Gasteiger partial charge >= 0.3 is 5.97 Å². The zero-order valence-corrected chi connectivity index (χ0v) is 20.8. The van der Waals surface area contributed by atoms with Crippen molar-refractivity contribution in [3.63, 3.8) is 0 Å². The van der Waals surface area contributed by atoms with Gasteiger partial charge in [0.2, 0.25) is 0 Å². The average Bonchev–Trinajstić information content (AvgIpc) is 3.17. The molecule has 3 nitrogen and oxygen atoms in total. The number of benzene rings is 2. The highest BCUT2D eigenvalue weighted by Crippen LogP contribution is 2.31. The fraction of sp³-hybridized carbons (Fsp3) is 0.464. The Morgan fingerprint density at radius 3 is 2.10 bits per heavy atom. The van der Waals surface area contributed by atoms with E-state index in [-0.39, 0.29) is 5.97 Å². The molecule has 3 aromatic rings. The predicted molar refractivity (Wildman–Crippen MR) is 134 cm³/mol. The largest absolute Gasteiger partial charge is 0.469 e. The molecule has 0 fully saturated rings. The molecule has 0 aliphatic carbocycles. The topological polar surface area (TPSA) is 31.2 Å². The zero-order valence-electron chi connectivity index (χ0n) is 20.8. The van der Waals surface area contributed by atoms with E-state index in [0.717, 1.165) is 19.4 Å². The van der Waals surface area contributed by atoms with E-state index in [2.05, 4.69) is 79.5 Å². The summed E-state index contributed by atoms with van der Waals surface area (Å²) in [7, 11) is 1.38. The lowest BCUT2D eigenvalue weighted by Gasteiger charge is -2.15. The summed E-state index contributed by atoms with van der Waals surface area (Å²) >= 11 is 0. The summed E-state index contributed by atoms with van der Waals surface area (Å²) in [5.41, 5.74) is 8.65. The van der Waals surface area contributed by atoms with E-state index < -0.39 is 0 Å². The molecular weight excluding hydrogens is 382 g/mol. The number of aromatic nitrogens is 1. The molecule has 1 aromatic heterocycles. The van der Waals surface area contributed by atoms with E-state index in [9.17, 15) is 4.79 Å². The number of fused-ring (bicyclic) bond motifs is 1. The molecule has 2 aromatic carbocycles. The van der Waals surface area contributed by atoms with Crippen molar-refractivity contribution in [1.29, 1.82) is 0 Å². The summed E-state index contributed by atoms with van der Waals surface area (Å²) in [6.07, 6.45) is 3.89. The Balaban J connectivity index is 0.000000521. The van der Waals surface area contributed by atoms with Crippen LogP contribution in [0.2, 0.25) is 0 Å². The zero-order chi connectivity index (χ0) is 23.4. The fourth-order valence-electron chi connectivity index (χ4n) is 3.85. The number of hydrogen-bond acceptors (Lipinski definition) is 2. The van der Waals surface area contributed by atoms with Gasteiger partial charge in [0, 0.05) is 24.0 Å². The number of hydrogen-bond donors (Lipinski definition) is 0. The second kappa shape index (κ2) is 13.7. The summed E-state index contributed by atoms with van der Waals surface area (Å²) in [4.78, 5) is 9.96. The van der Waals surface area contributed by atoms with E-state index >= 15 is 0 Å². The van der Waals surface area contributed by atoms with Crippen molar-refractivity contribution in [2.45, 2.75) is 80.7 Å². The van der Waals surface area contributed by atoms with Gasteiger partial charge in [-0.05, 0) is 55.0 Å². The highest BCUT2D eigenvalue weighted by atomic mass is 16.5. The van der Waals surface area contributed by atoms with Crippen molar-refractivity contribution in [1.82, 2.24) is 4.57 Å². The van der Waals surface area contributed by atoms with Crippen molar-refractivity contribution < 1.29 is 9.53 Å². The number of methoxy groups -OCH3 is 1. The van der Waals surface area contributed by atoms with Gasteiger partial charge in [0.05, 0.1) is 12.6 Å². The summed E-state index contributed by atoms with van der Waals surface area (Å²) in [6, 6.07) is 15.6. The monoisotopic (exact) mass is 423 g/mol. The number of nitrogens with zero attached hydrogens (tertiary/aromatic N) is 1. The molecule has 0 amide bonds. The number of carbonyl (C=O) groups is 1. The molecule has 3 rings (SSSR count). The van der Waals surface area contributed by atoms with E-state index in [1.165, 1.54) is 52.4 Å². The maximum atomic E-state index is 9.96. The molecule has 0 aliphatic rings. The smallest absolute Gasteiger partial charge is 0.305 e. The van der Waals surface area contributed by atoms with Gasteiger partial charge in [-0.2, -0.15) is 0 Å². The SMILES string of the molecule is CC.CCC(=O)OC.CCCc1c(C)cc(C)c2cc(CC)n(Cc3ccccc3)c12. The lowest BCUT2D eigenvalue weighted by Crippen LogP contribution is -2.06. The Hall–Kier alpha value is -2.55. The first kappa shape index (κ1) is 26.5. The molecule has 0 spiro atoms. The quantitative estimate of drug-likeness (QED) is 0.386. The standard InChI is InChI=1S/C22H27N.C4H8O2.C2H6/c1-5-10-20-16(3)13-17(4)21-14-19(6-2)23(22(20)21)15-18-11-8-7-9-12-18;1-3-4(5)6-2;1-2/h7-9,11-14H,5-6,10,15H2,1-4H3;3H2,1-2H3;1-2H3. The van der Waals surface area contributed by atoms with Gasteiger partial charge < -0.3 is 9.30 Å².